The minimum Gasteiger partial charge on any atom is -0.467 e. The molecule has 0 N–H and O–H groups in total. The maximum absolute atomic E-state index is 12.9. The van der Waals surface area contributed by atoms with Gasteiger partial charge in [-0.2, -0.15) is 0 Å². The fourth-order valence-electron chi connectivity index (χ4n) is 2.45. The summed E-state index contributed by atoms with van der Waals surface area (Å²) >= 11 is 0. The number of rotatable bonds is 5. The van der Waals surface area contributed by atoms with Gasteiger partial charge in [0.1, 0.15) is 17.1 Å². The monoisotopic (exact) mass is 311 g/mol. The Morgan fingerprint density at radius 3 is 2.70 bits per heavy atom. The van der Waals surface area contributed by atoms with Crippen molar-refractivity contribution in [2.24, 2.45) is 0 Å². The van der Waals surface area contributed by atoms with Gasteiger partial charge in [-0.3, -0.25) is 9.78 Å². The fourth-order valence-corrected chi connectivity index (χ4v) is 2.45. The molecule has 3 heterocycles. The average Bonchev–Trinajstić information content (AvgIpc) is 3.17. The summed E-state index contributed by atoms with van der Waals surface area (Å²) < 4.78 is 10.5. The van der Waals surface area contributed by atoms with Crippen LogP contribution in [-0.4, -0.2) is 20.9 Å². The van der Waals surface area contributed by atoms with Crippen molar-refractivity contribution >= 4 is 5.91 Å². The first-order chi connectivity index (χ1) is 11.1. The molecule has 3 aromatic heterocycles. The molecule has 0 radical (unpaired) electrons. The van der Waals surface area contributed by atoms with Gasteiger partial charge in [0, 0.05) is 18.9 Å². The SMILES string of the molecule is Cc1noc(C)c1C(=O)N(Cc1cccnc1)Cc1ccco1. The van der Waals surface area contributed by atoms with E-state index < -0.39 is 0 Å². The number of carbonyl (C=O) groups is 1. The Morgan fingerprint density at radius 1 is 1.22 bits per heavy atom. The lowest BCUT2D eigenvalue weighted by molar-refractivity contribution is 0.0715. The second-order valence-corrected chi connectivity index (χ2v) is 5.30. The number of pyridine rings is 1. The number of furan rings is 1. The largest absolute Gasteiger partial charge is 0.467 e. The normalized spacial score (nSPS) is 10.7. The van der Waals surface area contributed by atoms with Crippen LogP contribution in [-0.2, 0) is 13.1 Å². The molecule has 0 aliphatic heterocycles. The summed E-state index contributed by atoms with van der Waals surface area (Å²) in [6.07, 6.45) is 5.05. The van der Waals surface area contributed by atoms with E-state index in [0.717, 1.165) is 5.56 Å². The van der Waals surface area contributed by atoms with Gasteiger partial charge in [-0.15, -0.1) is 0 Å². The van der Waals surface area contributed by atoms with Crippen molar-refractivity contribution in [3.8, 4) is 0 Å². The summed E-state index contributed by atoms with van der Waals surface area (Å²) in [5, 5.41) is 3.87. The van der Waals surface area contributed by atoms with E-state index in [2.05, 4.69) is 10.1 Å². The third kappa shape index (κ3) is 3.31. The summed E-state index contributed by atoms with van der Waals surface area (Å²) in [5.41, 5.74) is 2.03. The van der Waals surface area contributed by atoms with Crippen LogP contribution in [0, 0.1) is 13.8 Å². The lowest BCUT2D eigenvalue weighted by Crippen LogP contribution is -2.30. The molecule has 0 aliphatic rings. The van der Waals surface area contributed by atoms with Crippen LogP contribution in [0.3, 0.4) is 0 Å². The summed E-state index contributed by atoms with van der Waals surface area (Å²) in [6.45, 7) is 4.30. The third-order valence-electron chi connectivity index (χ3n) is 3.56. The molecule has 0 saturated carbocycles. The highest BCUT2D eigenvalue weighted by Crippen LogP contribution is 2.19. The van der Waals surface area contributed by atoms with Crippen LogP contribution in [0.25, 0.3) is 0 Å². The van der Waals surface area contributed by atoms with E-state index in [1.807, 2.05) is 18.2 Å². The molecule has 0 bridgehead atoms. The van der Waals surface area contributed by atoms with Crippen LogP contribution in [0.15, 0.2) is 51.9 Å². The molecule has 1 amide bonds. The van der Waals surface area contributed by atoms with Crippen LogP contribution in [0.4, 0.5) is 0 Å². The summed E-state index contributed by atoms with van der Waals surface area (Å²) in [6, 6.07) is 7.43. The lowest BCUT2D eigenvalue weighted by Gasteiger charge is -2.21. The number of amides is 1. The molecular formula is C17H17N3O3. The molecule has 6 heteroatoms. The number of aromatic nitrogens is 2. The molecule has 6 nitrogen and oxygen atoms in total. The quantitative estimate of drug-likeness (QED) is 0.724. The van der Waals surface area contributed by atoms with Gasteiger partial charge in [0.25, 0.3) is 5.91 Å². The first-order valence-electron chi connectivity index (χ1n) is 7.28. The standard InChI is InChI=1S/C17H17N3O3/c1-12-16(13(2)23-19-12)17(21)20(11-15-6-4-8-22-15)10-14-5-3-7-18-9-14/h3-9H,10-11H2,1-2H3. The first kappa shape index (κ1) is 15.0. The van der Waals surface area contributed by atoms with Gasteiger partial charge in [0.2, 0.25) is 0 Å². The van der Waals surface area contributed by atoms with E-state index in [0.29, 0.717) is 35.9 Å². The molecule has 118 valence electrons. The third-order valence-corrected chi connectivity index (χ3v) is 3.56. The average molecular weight is 311 g/mol. The van der Waals surface area contributed by atoms with Crippen molar-refractivity contribution in [3.05, 3.63) is 71.3 Å². The van der Waals surface area contributed by atoms with Gasteiger partial charge in [-0.1, -0.05) is 11.2 Å². The van der Waals surface area contributed by atoms with Gasteiger partial charge in [-0.25, -0.2) is 0 Å². The molecule has 23 heavy (non-hydrogen) atoms. The number of carbonyl (C=O) groups excluding carboxylic acids is 1. The van der Waals surface area contributed by atoms with Gasteiger partial charge in [0.15, 0.2) is 0 Å². The Bertz CT molecular complexity index is 759. The Morgan fingerprint density at radius 2 is 2.09 bits per heavy atom. The van der Waals surface area contributed by atoms with E-state index in [1.165, 1.54) is 0 Å². The minimum absolute atomic E-state index is 0.137. The first-order valence-corrected chi connectivity index (χ1v) is 7.28. The Kier molecular flexibility index (Phi) is 4.23. The number of nitrogens with zero attached hydrogens (tertiary/aromatic N) is 3. The molecule has 0 spiro atoms. The van der Waals surface area contributed by atoms with E-state index in [9.17, 15) is 4.79 Å². The van der Waals surface area contributed by atoms with Crippen LogP contribution < -0.4 is 0 Å². The topological polar surface area (TPSA) is 72.4 Å². The van der Waals surface area contributed by atoms with Crippen molar-refractivity contribution in [2.45, 2.75) is 26.9 Å². The van der Waals surface area contributed by atoms with Gasteiger partial charge >= 0.3 is 0 Å². The zero-order valence-corrected chi connectivity index (χ0v) is 13.0. The maximum Gasteiger partial charge on any atom is 0.260 e. The van der Waals surface area contributed by atoms with Crippen molar-refractivity contribution in [1.82, 2.24) is 15.0 Å². The lowest BCUT2D eigenvalue weighted by atomic mass is 10.1. The van der Waals surface area contributed by atoms with E-state index in [1.54, 1.807) is 43.5 Å². The summed E-state index contributed by atoms with van der Waals surface area (Å²) in [5.74, 6) is 1.10. The molecule has 0 fully saturated rings. The molecule has 0 unspecified atom stereocenters. The highest BCUT2D eigenvalue weighted by Gasteiger charge is 2.24. The smallest absolute Gasteiger partial charge is 0.260 e. The van der Waals surface area contributed by atoms with Crippen LogP contribution >= 0.6 is 0 Å². The summed E-state index contributed by atoms with van der Waals surface area (Å²) in [4.78, 5) is 18.7. The Balaban J connectivity index is 1.89. The molecule has 0 aromatic carbocycles. The van der Waals surface area contributed by atoms with E-state index in [4.69, 9.17) is 8.94 Å². The van der Waals surface area contributed by atoms with Crippen molar-refractivity contribution < 1.29 is 13.7 Å². The number of hydrogen-bond donors (Lipinski definition) is 0. The molecule has 0 aliphatic carbocycles. The second-order valence-electron chi connectivity index (χ2n) is 5.30. The molecule has 3 aromatic rings. The maximum atomic E-state index is 12.9. The molecule has 0 saturated heterocycles. The zero-order valence-electron chi connectivity index (χ0n) is 13.0. The molecular weight excluding hydrogens is 294 g/mol. The van der Waals surface area contributed by atoms with Crippen molar-refractivity contribution in [1.29, 1.82) is 0 Å². The van der Waals surface area contributed by atoms with Gasteiger partial charge in [-0.05, 0) is 37.6 Å². The van der Waals surface area contributed by atoms with Crippen molar-refractivity contribution in [2.75, 3.05) is 0 Å². The van der Waals surface area contributed by atoms with E-state index in [-0.39, 0.29) is 5.91 Å². The second kappa shape index (κ2) is 6.48. The number of aryl methyl sites for hydroxylation is 2. The highest BCUT2D eigenvalue weighted by atomic mass is 16.5. The number of hydrogen-bond acceptors (Lipinski definition) is 5. The predicted molar refractivity (Wildman–Crippen MR) is 82.5 cm³/mol. The Hall–Kier alpha value is -2.89. The van der Waals surface area contributed by atoms with Gasteiger partial charge in [0.05, 0.1) is 18.5 Å². The molecule has 3 rings (SSSR count). The van der Waals surface area contributed by atoms with E-state index >= 15 is 0 Å². The fraction of sp³-hybridized carbons (Fsp3) is 0.235. The van der Waals surface area contributed by atoms with Crippen molar-refractivity contribution in [3.63, 3.8) is 0 Å². The highest BCUT2D eigenvalue weighted by molar-refractivity contribution is 5.96. The zero-order chi connectivity index (χ0) is 16.2. The van der Waals surface area contributed by atoms with Crippen LogP contribution in [0.1, 0.15) is 33.1 Å². The minimum atomic E-state index is -0.137. The Labute approximate surface area is 133 Å². The predicted octanol–water partition coefficient (Wildman–Crippen LogP) is 3.12. The van der Waals surface area contributed by atoms with Crippen LogP contribution in [0.2, 0.25) is 0 Å². The van der Waals surface area contributed by atoms with Gasteiger partial charge < -0.3 is 13.8 Å². The molecule has 0 atom stereocenters. The van der Waals surface area contributed by atoms with Crippen LogP contribution in [0.5, 0.6) is 0 Å². The summed E-state index contributed by atoms with van der Waals surface area (Å²) in [7, 11) is 0.